The van der Waals surface area contributed by atoms with Crippen LogP contribution in [0.25, 0.3) is 0 Å². The molecule has 0 bridgehead atoms. The zero-order chi connectivity index (χ0) is 10.1. The van der Waals surface area contributed by atoms with Crippen LogP contribution in [0.1, 0.15) is 20.8 Å². The monoisotopic (exact) mass is 201 g/mol. The van der Waals surface area contributed by atoms with Crippen LogP contribution in [-0.4, -0.2) is 10.5 Å². The minimum absolute atomic E-state index is 0.114. The summed E-state index contributed by atoms with van der Waals surface area (Å²) in [5, 5.41) is 0. The molecule has 4 heteroatoms. The fourth-order valence-corrected chi connectivity index (χ4v) is 1.91. The van der Waals surface area contributed by atoms with Crippen LogP contribution in [0.4, 0.5) is 0 Å². The number of rotatable bonds is 2. The van der Waals surface area contributed by atoms with E-state index >= 15 is 0 Å². The average Bonchev–Trinajstić information content (AvgIpc) is 1.97. The zero-order valence-corrected chi connectivity index (χ0v) is 8.91. The van der Waals surface area contributed by atoms with E-state index in [0.717, 1.165) is 5.57 Å². The highest BCUT2D eigenvalue weighted by atomic mass is 31.1. The van der Waals surface area contributed by atoms with Gasteiger partial charge in [0, 0.05) is 10.5 Å². The smallest absolute Gasteiger partial charge is 0.133 e. The maximum atomic E-state index is 10.6. The van der Waals surface area contributed by atoms with Crippen LogP contribution in [0.15, 0.2) is 23.8 Å². The van der Waals surface area contributed by atoms with Crippen molar-refractivity contribution in [2.45, 2.75) is 26.4 Å². The normalized spacial score (nSPS) is 34.3. The summed E-state index contributed by atoms with van der Waals surface area (Å²) >= 11 is 0. The molecule has 0 amide bonds. The summed E-state index contributed by atoms with van der Waals surface area (Å²) < 4.78 is 15.5. The molecule has 1 aliphatic rings. The van der Waals surface area contributed by atoms with Gasteiger partial charge in [0.25, 0.3) is 0 Å². The van der Waals surface area contributed by atoms with Crippen molar-refractivity contribution in [1.29, 1.82) is 0 Å². The molecule has 0 aromatic carbocycles. The van der Waals surface area contributed by atoms with E-state index in [2.05, 4.69) is 0 Å². The average molecular weight is 201 g/mol. The predicted octanol–water partition coefficient (Wildman–Crippen LogP) is 2.56. The second kappa shape index (κ2) is 3.70. The summed E-state index contributed by atoms with van der Waals surface area (Å²) in [6.07, 6.45) is 5.76. The lowest BCUT2D eigenvalue weighted by atomic mass is 9.85. The molecule has 1 aliphatic carbocycles. The topological polar surface area (TPSA) is 46.5 Å². The van der Waals surface area contributed by atoms with Gasteiger partial charge in [0.1, 0.15) is 5.60 Å². The first-order valence-electron chi connectivity index (χ1n) is 4.17. The van der Waals surface area contributed by atoms with Gasteiger partial charge in [-0.2, -0.15) is 0 Å². The molecular formula is C9H14O3P+. The summed E-state index contributed by atoms with van der Waals surface area (Å²) in [6.45, 7) is 5.76. The van der Waals surface area contributed by atoms with Crippen molar-refractivity contribution in [1.82, 2.24) is 0 Å². The molecule has 3 atom stereocenters. The van der Waals surface area contributed by atoms with E-state index in [9.17, 15) is 4.57 Å². The third kappa shape index (κ3) is 2.47. The van der Waals surface area contributed by atoms with Gasteiger partial charge in [0.15, 0.2) is 0 Å². The lowest BCUT2D eigenvalue weighted by molar-refractivity contribution is 0.0948. The van der Waals surface area contributed by atoms with Gasteiger partial charge in [-0.05, 0) is 19.9 Å². The van der Waals surface area contributed by atoms with Crippen molar-refractivity contribution in [3.63, 3.8) is 0 Å². The van der Waals surface area contributed by atoms with Gasteiger partial charge in [-0.1, -0.05) is 24.6 Å². The van der Waals surface area contributed by atoms with Gasteiger partial charge < -0.3 is 0 Å². The van der Waals surface area contributed by atoms with Crippen LogP contribution in [0, 0.1) is 5.92 Å². The molecule has 0 aromatic rings. The molecule has 0 saturated carbocycles. The Morgan fingerprint density at radius 2 is 2.31 bits per heavy atom. The Morgan fingerprint density at radius 1 is 1.69 bits per heavy atom. The molecule has 3 nitrogen and oxygen atoms in total. The van der Waals surface area contributed by atoms with E-state index < -0.39 is 13.9 Å². The van der Waals surface area contributed by atoms with Gasteiger partial charge in [-0.25, -0.2) is 0 Å². The number of hydrogen-bond acceptors (Lipinski definition) is 2. The first-order valence-corrected chi connectivity index (χ1v) is 5.30. The van der Waals surface area contributed by atoms with E-state index in [1.807, 2.05) is 32.1 Å². The molecule has 0 aromatic heterocycles. The SMILES string of the molecule is CC1=CC(C)C(C)(O[P+](=O)O)C=C1. The molecule has 0 saturated heterocycles. The summed E-state index contributed by atoms with van der Waals surface area (Å²) in [5.74, 6) is 0.114. The summed E-state index contributed by atoms with van der Waals surface area (Å²) in [7, 11) is -2.54. The Kier molecular flexibility index (Phi) is 3.01. The van der Waals surface area contributed by atoms with Crippen molar-refractivity contribution < 1.29 is 14.0 Å². The van der Waals surface area contributed by atoms with E-state index in [-0.39, 0.29) is 5.92 Å². The summed E-state index contributed by atoms with van der Waals surface area (Å²) in [6, 6.07) is 0. The second-order valence-electron chi connectivity index (χ2n) is 3.55. The molecule has 3 unspecified atom stereocenters. The van der Waals surface area contributed by atoms with Crippen LogP contribution >= 0.6 is 8.25 Å². The molecule has 13 heavy (non-hydrogen) atoms. The Balaban J connectivity index is 2.82. The maximum absolute atomic E-state index is 10.6. The molecule has 0 heterocycles. The van der Waals surface area contributed by atoms with E-state index in [1.54, 1.807) is 6.92 Å². The molecule has 0 spiro atoms. The molecule has 0 aliphatic heterocycles. The van der Waals surface area contributed by atoms with Crippen LogP contribution < -0.4 is 0 Å². The zero-order valence-electron chi connectivity index (χ0n) is 8.02. The molecule has 72 valence electrons. The third-order valence-corrected chi connectivity index (χ3v) is 2.92. The van der Waals surface area contributed by atoms with Crippen LogP contribution in [0.5, 0.6) is 0 Å². The number of allylic oxidation sites excluding steroid dienone is 2. The molecule has 1 rings (SSSR count). The third-order valence-electron chi connectivity index (χ3n) is 2.37. The molecule has 0 fully saturated rings. The van der Waals surface area contributed by atoms with Gasteiger partial charge in [0.2, 0.25) is 0 Å². The molecule has 1 N–H and O–H groups in total. The van der Waals surface area contributed by atoms with Gasteiger partial charge in [-0.3, -0.25) is 0 Å². The Bertz CT molecular complexity index is 283. The van der Waals surface area contributed by atoms with Crippen molar-refractivity contribution >= 4 is 8.25 Å². The Morgan fingerprint density at radius 3 is 2.77 bits per heavy atom. The van der Waals surface area contributed by atoms with Gasteiger partial charge in [0.05, 0.1) is 0 Å². The highest BCUT2D eigenvalue weighted by molar-refractivity contribution is 7.32. The first-order chi connectivity index (χ1) is 5.94. The van der Waals surface area contributed by atoms with Crippen molar-refractivity contribution in [3.05, 3.63) is 23.8 Å². The minimum atomic E-state index is -2.54. The van der Waals surface area contributed by atoms with Crippen molar-refractivity contribution in [2.24, 2.45) is 5.92 Å². The lowest BCUT2D eigenvalue weighted by Crippen LogP contribution is -2.32. The molecular weight excluding hydrogens is 187 g/mol. The highest BCUT2D eigenvalue weighted by Gasteiger charge is 2.39. The van der Waals surface area contributed by atoms with Crippen molar-refractivity contribution in [2.75, 3.05) is 0 Å². The quantitative estimate of drug-likeness (QED) is 0.698. The van der Waals surface area contributed by atoms with E-state index in [1.165, 1.54) is 0 Å². The second-order valence-corrected chi connectivity index (χ2v) is 4.20. The highest BCUT2D eigenvalue weighted by Crippen LogP contribution is 2.36. The number of hydrogen-bond donors (Lipinski definition) is 1. The van der Waals surface area contributed by atoms with E-state index in [0.29, 0.717) is 0 Å². The van der Waals surface area contributed by atoms with Gasteiger partial charge >= 0.3 is 8.25 Å². The summed E-state index contributed by atoms with van der Waals surface area (Å²) in [4.78, 5) is 8.69. The fourth-order valence-electron chi connectivity index (χ4n) is 1.35. The largest absolute Gasteiger partial charge is 0.695 e. The molecule has 0 radical (unpaired) electrons. The van der Waals surface area contributed by atoms with Crippen LogP contribution in [0.3, 0.4) is 0 Å². The predicted molar refractivity (Wildman–Crippen MR) is 51.4 cm³/mol. The van der Waals surface area contributed by atoms with Gasteiger partial charge in [-0.15, -0.1) is 9.42 Å². The fraction of sp³-hybridized carbons (Fsp3) is 0.556. The summed E-state index contributed by atoms with van der Waals surface area (Å²) in [5.41, 5.74) is 0.503. The Labute approximate surface area is 79.1 Å². The lowest BCUT2D eigenvalue weighted by Gasteiger charge is -2.27. The van der Waals surface area contributed by atoms with Crippen LogP contribution in [0.2, 0.25) is 0 Å². The van der Waals surface area contributed by atoms with Crippen LogP contribution in [-0.2, 0) is 9.09 Å². The maximum Gasteiger partial charge on any atom is 0.695 e. The standard InChI is InChI=1S/C9H13O3P/c1-7-4-5-9(3,8(2)6-7)12-13(10)11/h4-6,8H,1-3H3/p+1. The first kappa shape index (κ1) is 10.6. The van der Waals surface area contributed by atoms with E-state index in [4.69, 9.17) is 9.42 Å². The van der Waals surface area contributed by atoms with Crippen molar-refractivity contribution in [3.8, 4) is 0 Å². The minimum Gasteiger partial charge on any atom is -0.133 e. The Hall–Kier alpha value is -0.500.